The third-order valence-electron chi connectivity index (χ3n) is 5.97. The van der Waals surface area contributed by atoms with E-state index in [0.29, 0.717) is 18.5 Å². The van der Waals surface area contributed by atoms with Gasteiger partial charge in [0, 0.05) is 48.6 Å². The Morgan fingerprint density at radius 3 is 2.50 bits per heavy atom. The maximum Gasteiger partial charge on any atom is 0.248 e. The smallest absolute Gasteiger partial charge is 0.248 e. The Kier molecular flexibility index (Phi) is 5.15. The molecule has 2 unspecified atom stereocenters. The number of phenols is 1. The average molecular weight is 426 g/mol. The van der Waals surface area contributed by atoms with Crippen LogP contribution in [0.15, 0.2) is 84.2 Å². The number of phenolic OH excluding ortho intramolecular Hbond substituents is 1. The van der Waals surface area contributed by atoms with Crippen molar-refractivity contribution in [2.24, 2.45) is 11.0 Å². The molecule has 1 aromatic heterocycles. The van der Waals surface area contributed by atoms with Gasteiger partial charge in [0.15, 0.2) is 0 Å². The van der Waals surface area contributed by atoms with Crippen LogP contribution >= 0.6 is 0 Å². The normalized spacial score (nSPS) is 20.5. The first-order valence-electron chi connectivity index (χ1n) is 10.6. The van der Waals surface area contributed by atoms with E-state index in [-0.39, 0.29) is 24.0 Å². The maximum absolute atomic E-state index is 13.6. The molecule has 3 aromatic rings. The summed E-state index contributed by atoms with van der Waals surface area (Å²) < 4.78 is 0. The molecule has 1 N–H and O–H groups in total. The Balaban J connectivity index is 1.46. The van der Waals surface area contributed by atoms with Gasteiger partial charge in [-0.15, -0.1) is 0 Å². The van der Waals surface area contributed by atoms with Crippen molar-refractivity contribution >= 4 is 23.2 Å². The summed E-state index contributed by atoms with van der Waals surface area (Å²) >= 11 is 0. The maximum atomic E-state index is 13.6. The highest BCUT2D eigenvalue weighted by Crippen LogP contribution is 2.39. The Hall–Kier alpha value is -4.00. The van der Waals surface area contributed by atoms with E-state index in [4.69, 9.17) is 0 Å². The lowest BCUT2D eigenvalue weighted by molar-refractivity contribution is -0.137. The highest BCUT2D eigenvalue weighted by atomic mass is 16.3. The number of hydrazone groups is 1. The molecule has 0 saturated carbocycles. The summed E-state index contributed by atoms with van der Waals surface area (Å²) in [6, 6.07) is 19.6. The fourth-order valence-corrected chi connectivity index (χ4v) is 4.35. The summed E-state index contributed by atoms with van der Waals surface area (Å²) in [4.78, 5) is 32.1. The topological polar surface area (TPSA) is 86.1 Å². The number of hydrogen-bond donors (Lipinski definition) is 1. The molecule has 3 heterocycles. The van der Waals surface area contributed by atoms with Crippen molar-refractivity contribution < 1.29 is 14.7 Å². The van der Waals surface area contributed by atoms with Gasteiger partial charge in [0.1, 0.15) is 5.75 Å². The Morgan fingerprint density at radius 1 is 0.969 bits per heavy atom. The number of anilines is 1. The molecule has 2 aromatic carbocycles. The zero-order valence-corrected chi connectivity index (χ0v) is 17.3. The van der Waals surface area contributed by atoms with Crippen LogP contribution in [0.25, 0.3) is 0 Å². The molecule has 7 nitrogen and oxygen atoms in total. The van der Waals surface area contributed by atoms with Crippen LogP contribution in [-0.2, 0) is 9.59 Å². The van der Waals surface area contributed by atoms with E-state index in [1.54, 1.807) is 35.5 Å². The molecule has 2 aliphatic rings. The van der Waals surface area contributed by atoms with Crippen molar-refractivity contribution in [2.45, 2.75) is 18.9 Å². The summed E-state index contributed by atoms with van der Waals surface area (Å²) in [6.45, 7) is 0.309. The molecule has 7 heteroatoms. The van der Waals surface area contributed by atoms with Gasteiger partial charge in [-0.3, -0.25) is 14.6 Å². The molecule has 0 bridgehead atoms. The highest BCUT2D eigenvalue weighted by Gasteiger charge is 2.42. The van der Waals surface area contributed by atoms with Crippen molar-refractivity contribution in [1.29, 1.82) is 0 Å². The van der Waals surface area contributed by atoms with Crippen LogP contribution in [0.5, 0.6) is 5.75 Å². The summed E-state index contributed by atoms with van der Waals surface area (Å²) in [6.07, 6.45) is 3.99. The number of hydrogen-bond acceptors (Lipinski definition) is 5. The molecule has 1 fully saturated rings. The molecule has 160 valence electrons. The van der Waals surface area contributed by atoms with Gasteiger partial charge in [-0.1, -0.05) is 42.5 Å². The average Bonchev–Trinajstić information content (AvgIpc) is 3.44. The van der Waals surface area contributed by atoms with E-state index in [1.165, 1.54) is 5.01 Å². The molecule has 2 aliphatic heterocycles. The van der Waals surface area contributed by atoms with E-state index in [1.807, 2.05) is 48.5 Å². The van der Waals surface area contributed by atoms with E-state index in [2.05, 4.69) is 10.1 Å². The Bertz CT molecular complexity index is 1180. The Labute approximate surface area is 185 Å². The Morgan fingerprint density at radius 2 is 1.75 bits per heavy atom. The van der Waals surface area contributed by atoms with Gasteiger partial charge in [-0.25, -0.2) is 5.01 Å². The van der Waals surface area contributed by atoms with Crippen molar-refractivity contribution in [2.75, 3.05) is 11.4 Å². The number of aromatic hydroxyl groups is 1. The minimum atomic E-state index is -0.506. The number of aromatic nitrogens is 1. The highest BCUT2D eigenvalue weighted by molar-refractivity contribution is 6.04. The minimum Gasteiger partial charge on any atom is -0.508 e. The fraction of sp³-hybridized carbons (Fsp3) is 0.200. The summed E-state index contributed by atoms with van der Waals surface area (Å²) in [5.41, 5.74) is 2.97. The predicted molar refractivity (Wildman–Crippen MR) is 120 cm³/mol. The van der Waals surface area contributed by atoms with Gasteiger partial charge in [-0.05, 0) is 24.3 Å². The summed E-state index contributed by atoms with van der Waals surface area (Å²) in [7, 11) is 0. The van der Waals surface area contributed by atoms with Crippen LogP contribution in [0.3, 0.4) is 0 Å². The summed E-state index contributed by atoms with van der Waals surface area (Å²) in [5, 5.41) is 16.6. The molecule has 0 radical (unpaired) electrons. The standard InChI is InChI=1S/C25H22N4O3/c30-23-11-5-4-10-20(23)22-14-21(17-7-6-12-26-15-17)27-29(22)25(32)18-13-24(31)28(16-18)19-8-2-1-3-9-19/h1-12,15,18,22,30H,13-14,16H2. The lowest BCUT2D eigenvalue weighted by Crippen LogP contribution is -2.34. The molecule has 2 atom stereocenters. The van der Waals surface area contributed by atoms with Crippen LogP contribution in [0, 0.1) is 5.92 Å². The third kappa shape index (κ3) is 3.62. The second kappa shape index (κ2) is 8.26. The van der Waals surface area contributed by atoms with Gasteiger partial charge in [-0.2, -0.15) is 5.10 Å². The molecular formula is C25H22N4O3. The van der Waals surface area contributed by atoms with Crippen molar-refractivity contribution in [1.82, 2.24) is 9.99 Å². The van der Waals surface area contributed by atoms with Crippen LogP contribution < -0.4 is 4.90 Å². The quantitative estimate of drug-likeness (QED) is 0.692. The number of benzene rings is 2. The van der Waals surface area contributed by atoms with E-state index in [0.717, 1.165) is 17.0 Å². The lowest BCUT2D eigenvalue weighted by Gasteiger charge is -2.25. The summed E-state index contributed by atoms with van der Waals surface area (Å²) in [5.74, 6) is -0.687. The molecule has 32 heavy (non-hydrogen) atoms. The van der Waals surface area contributed by atoms with E-state index in [9.17, 15) is 14.7 Å². The van der Waals surface area contributed by atoms with Crippen LogP contribution in [0.1, 0.15) is 30.0 Å². The number of amides is 2. The number of carbonyl (C=O) groups excluding carboxylic acids is 2. The zero-order chi connectivity index (χ0) is 22.1. The molecule has 0 spiro atoms. The first-order chi connectivity index (χ1) is 15.6. The minimum absolute atomic E-state index is 0.0793. The number of para-hydroxylation sites is 2. The van der Waals surface area contributed by atoms with Gasteiger partial charge in [0.05, 0.1) is 17.7 Å². The molecule has 0 aliphatic carbocycles. The van der Waals surface area contributed by atoms with E-state index < -0.39 is 12.0 Å². The monoisotopic (exact) mass is 426 g/mol. The van der Waals surface area contributed by atoms with Gasteiger partial charge in [0.2, 0.25) is 11.8 Å². The number of nitrogens with zero attached hydrogens (tertiary/aromatic N) is 4. The number of rotatable bonds is 4. The SMILES string of the molecule is O=C1CC(C(=O)N2N=C(c3cccnc3)CC2c2ccccc2O)CN1c1ccccc1. The predicted octanol–water partition coefficient (Wildman–Crippen LogP) is 3.52. The third-order valence-corrected chi connectivity index (χ3v) is 5.97. The van der Waals surface area contributed by atoms with Crippen molar-refractivity contribution in [3.8, 4) is 5.75 Å². The fourth-order valence-electron chi connectivity index (χ4n) is 4.35. The number of pyridine rings is 1. The molecular weight excluding hydrogens is 404 g/mol. The molecule has 2 amide bonds. The van der Waals surface area contributed by atoms with Gasteiger partial charge >= 0.3 is 0 Å². The van der Waals surface area contributed by atoms with Crippen LogP contribution in [0.4, 0.5) is 5.69 Å². The first-order valence-corrected chi connectivity index (χ1v) is 10.6. The second-order valence-electron chi connectivity index (χ2n) is 7.99. The van der Waals surface area contributed by atoms with Crippen LogP contribution in [-0.4, -0.2) is 39.2 Å². The number of carbonyl (C=O) groups is 2. The second-order valence-corrected chi connectivity index (χ2v) is 7.99. The first kappa shape index (κ1) is 19.9. The van der Waals surface area contributed by atoms with Crippen molar-refractivity contribution in [3.05, 3.63) is 90.3 Å². The molecule has 1 saturated heterocycles. The zero-order valence-electron chi connectivity index (χ0n) is 17.3. The van der Waals surface area contributed by atoms with Crippen LogP contribution in [0.2, 0.25) is 0 Å². The van der Waals surface area contributed by atoms with Gasteiger partial charge in [0.25, 0.3) is 0 Å². The largest absolute Gasteiger partial charge is 0.508 e. The van der Waals surface area contributed by atoms with Gasteiger partial charge < -0.3 is 10.0 Å². The lowest BCUT2D eigenvalue weighted by atomic mass is 9.97. The van der Waals surface area contributed by atoms with Crippen molar-refractivity contribution in [3.63, 3.8) is 0 Å². The molecule has 5 rings (SSSR count). The van der Waals surface area contributed by atoms with E-state index >= 15 is 0 Å².